The van der Waals surface area contributed by atoms with Crippen molar-refractivity contribution in [2.75, 3.05) is 6.61 Å². The summed E-state index contributed by atoms with van der Waals surface area (Å²) in [5.74, 6) is 0.700. The molecule has 2 unspecified atom stereocenters. The predicted octanol–water partition coefficient (Wildman–Crippen LogP) is 1.96. The van der Waals surface area contributed by atoms with Crippen molar-refractivity contribution in [3.63, 3.8) is 0 Å². The van der Waals surface area contributed by atoms with E-state index in [2.05, 4.69) is 10.7 Å². The lowest BCUT2D eigenvalue weighted by Gasteiger charge is -2.24. The summed E-state index contributed by atoms with van der Waals surface area (Å²) >= 11 is 6.21. The fourth-order valence-electron chi connectivity index (χ4n) is 2.55. The summed E-state index contributed by atoms with van der Waals surface area (Å²) in [5.41, 5.74) is 4.35. The predicted molar refractivity (Wildman–Crippen MR) is 76.0 cm³/mol. The van der Waals surface area contributed by atoms with E-state index >= 15 is 0 Å². The van der Waals surface area contributed by atoms with Gasteiger partial charge in [0.15, 0.2) is 0 Å². The molecule has 106 valence electrons. The van der Waals surface area contributed by atoms with Gasteiger partial charge >= 0.3 is 0 Å². The van der Waals surface area contributed by atoms with Crippen molar-refractivity contribution < 1.29 is 9.53 Å². The van der Waals surface area contributed by atoms with Crippen molar-refractivity contribution in [2.24, 2.45) is 0 Å². The van der Waals surface area contributed by atoms with E-state index in [9.17, 15) is 4.79 Å². The number of nitrogens with one attached hydrogen (secondary N) is 2. The third-order valence-corrected chi connectivity index (χ3v) is 3.82. The minimum atomic E-state index is -0.171. The number of amides is 1. The molecular weight excluding hydrogens is 278 g/mol. The number of ether oxygens (including phenoxy) is 1. The molecule has 1 aromatic carbocycles. The first-order chi connectivity index (χ1) is 9.69. The molecule has 6 heteroatoms. The zero-order chi connectivity index (χ0) is 14.1. The number of nitrogens with zero attached hydrogens (tertiary/aromatic N) is 1. The number of hydrogen-bond donors (Lipinski definition) is 2. The Labute approximate surface area is 122 Å². The third kappa shape index (κ3) is 2.34. The number of rotatable bonds is 3. The van der Waals surface area contributed by atoms with Crippen LogP contribution in [0.25, 0.3) is 0 Å². The number of hydrazine groups is 1. The van der Waals surface area contributed by atoms with Crippen LogP contribution in [-0.2, 0) is 4.79 Å². The first kappa shape index (κ1) is 13.3. The maximum absolute atomic E-state index is 11.8. The van der Waals surface area contributed by atoms with Crippen LogP contribution < -0.4 is 15.5 Å². The Balaban J connectivity index is 1.79. The maximum Gasteiger partial charge on any atom is 0.248 e. The van der Waals surface area contributed by atoms with E-state index in [0.717, 1.165) is 5.56 Å². The molecule has 2 heterocycles. The summed E-state index contributed by atoms with van der Waals surface area (Å²) in [6.07, 6.45) is 4.18. The lowest BCUT2D eigenvalue weighted by Crippen LogP contribution is -2.45. The lowest BCUT2D eigenvalue weighted by molar-refractivity contribution is -0.124. The van der Waals surface area contributed by atoms with Crippen LogP contribution in [0.4, 0.5) is 0 Å². The molecule has 5 nitrogen and oxygen atoms in total. The molecule has 0 bridgehead atoms. The van der Waals surface area contributed by atoms with Crippen molar-refractivity contribution >= 4 is 17.5 Å². The summed E-state index contributed by atoms with van der Waals surface area (Å²) in [4.78, 5) is 11.8. The van der Waals surface area contributed by atoms with Crippen LogP contribution in [0.15, 0.2) is 30.6 Å². The van der Waals surface area contributed by atoms with Gasteiger partial charge in [0.1, 0.15) is 11.8 Å². The van der Waals surface area contributed by atoms with Gasteiger partial charge in [-0.2, -0.15) is 0 Å². The Bertz CT molecular complexity index is 561. The molecule has 0 aliphatic carbocycles. The normalized spacial score (nSPS) is 24.5. The van der Waals surface area contributed by atoms with Crippen LogP contribution in [0.1, 0.15) is 24.9 Å². The van der Waals surface area contributed by atoms with E-state index < -0.39 is 0 Å². The molecular formula is C14H16ClN3O2. The SMILES string of the molecule is CCOc1ccc(C2CC3C(=O)NC=CN3N2)cc1Cl. The average molecular weight is 294 g/mol. The van der Waals surface area contributed by atoms with Gasteiger partial charge in [0, 0.05) is 12.4 Å². The van der Waals surface area contributed by atoms with E-state index in [4.69, 9.17) is 16.3 Å². The average Bonchev–Trinajstić information content (AvgIpc) is 2.87. The second kappa shape index (κ2) is 5.34. The number of hydrogen-bond acceptors (Lipinski definition) is 4. The molecule has 2 aliphatic rings. The third-order valence-electron chi connectivity index (χ3n) is 3.52. The van der Waals surface area contributed by atoms with Gasteiger partial charge in [0.2, 0.25) is 5.91 Å². The fraction of sp³-hybridized carbons (Fsp3) is 0.357. The molecule has 0 spiro atoms. The van der Waals surface area contributed by atoms with Gasteiger partial charge in [-0.3, -0.25) is 4.79 Å². The molecule has 20 heavy (non-hydrogen) atoms. The summed E-state index contributed by atoms with van der Waals surface area (Å²) in [5, 5.41) is 5.15. The van der Waals surface area contributed by atoms with Crippen molar-refractivity contribution in [1.82, 2.24) is 15.8 Å². The molecule has 1 saturated heterocycles. The van der Waals surface area contributed by atoms with Crippen LogP contribution in [0, 0.1) is 0 Å². The van der Waals surface area contributed by atoms with Gasteiger partial charge in [0.25, 0.3) is 0 Å². The molecule has 2 atom stereocenters. The Morgan fingerprint density at radius 2 is 2.35 bits per heavy atom. The number of fused-ring (bicyclic) bond motifs is 1. The monoisotopic (exact) mass is 293 g/mol. The molecule has 2 N–H and O–H groups in total. The number of benzene rings is 1. The zero-order valence-corrected chi connectivity index (χ0v) is 11.9. The quantitative estimate of drug-likeness (QED) is 0.894. The highest BCUT2D eigenvalue weighted by Crippen LogP contribution is 2.33. The Morgan fingerprint density at radius 1 is 1.50 bits per heavy atom. The standard InChI is InChI=1S/C14H16ClN3O2/c1-2-20-13-4-3-9(7-10(13)15)11-8-12-14(19)16-5-6-18(12)17-11/h3-7,11-12,17H,2,8H2,1H3,(H,16,19). The van der Waals surface area contributed by atoms with Gasteiger partial charge in [-0.15, -0.1) is 0 Å². The second-order valence-electron chi connectivity index (χ2n) is 4.79. The highest BCUT2D eigenvalue weighted by molar-refractivity contribution is 6.32. The van der Waals surface area contributed by atoms with E-state index in [1.807, 2.05) is 36.3 Å². The van der Waals surface area contributed by atoms with Gasteiger partial charge in [0.05, 0.1) is 17.7 Å². The Hall–Kier alpha value is -1.72. The summed E-state index contributed by atoms with van der Waals surface area (Å²) in [7, 11) is 0. The molecule has 1 amide bonds. The molecule has 1 aromatic rings. The van der Waals surface area contributed by atoms with E-state index in [1.54, 1.807) is 6.20 Å². The van der Waals surface area contributed by atoms with Gasteiger partial charge < -0.3 is 15.1 Å². The molecule has 2 aliphatic heterocycles. The lowest BCUT2D eigenvalue weighted by atomic mass is 10.0. The van der Waals surface area contributed by atoms with Gasteiger partial charge in [-0.1, -0.05) is 17.7 Å². The smallest absolute Gasteiger partial charge is 0.248 e. The van der Waals surface area contributed by atoms with E-state index in [1.165, 1.54) is 0 Å². The highest BCUT2D eigenvalue weighted by atomic mass is 35.5. The number of carbonyl (C=O) groups is 1. The van der Waals surface area contributed by atoms with Crippen molar-refractivity contribution in [2.45, 2.75) is 25.4 Å². The molecule has 3 rings (SSSR count). The second-order valence-corrected chi connectivity index (χ2v) is 5.19. The van der Waals surface area contributed by atoms with Crippen LogP contribution >= 0.6 is 11.6 Å². The van der Waals surface area contributed by atoms with Crippen molar-refractivity contribution in [3.05, 3.63) is 41.2 Å². The Kier molecular flexibility index (Phi) is 3.54. The summed E-state index contributed by atoms with van der Waals surface area (Å²) in [6.45, 7) is 2.51. The molecule has 1 fully saturated rings. The maximum atomic E-state index is 11.8. The minimum Gasteiger partial charge on any atom is -0.492 e. The highest BCUT2D eigenvalue weighted by Gasteiger charge is 2.37. The topological polar surface area (TPSA) is 53.6 Å². The van der Waals surface area contributed by atoms with Crippen LogP contribution in [-0.4, -0.2) is 23.6 Å². The fourth-order valence-corrected chi connectivity index (χ4v) is 2.80. The van der Waals surface area contributed by atoms with Crippen LogP contribution in [0.3, 0.4) is 0 Å². The van der Waals surface area contributed by atoms with Crippen molar-refractivity contribution in [3.8, 4) is 5.75 Å². The summed E-state index contributed by atoms with van der Waals surface area (Å²) in [6, 6.07) is 5.65. The number of halogens is 1. The van der Waals surface area contributed by atoms with E-state index in [0.29, 0.717) is 23.8 Å². The summed E-state index contributed by atoms with van der Waals surface area (Å²) < 4.78 is 5.43. The largest absolute Gasteiger partial charge is 0.492 e. The zero-order valence-electron chi connectivity index (χ0n) is 11.1. The van der Waals surface area contributed by atoms with Crippen LogP contribution in [0.2, 0.25) is 5.02 Å². The van der Waals surface area contributed by atoms with Gasteiger partial charge in [-0.05, 0) is 31.0 Å². The first-order valence-electron chi connectivity index (χ1n) is 6.63. The molecule has 0 saturated carbocycles. The number of carbonyl (C=O) groups excluding carboxylic acids is 1. The van der Waals surface area contributed by atoms with Crippen molar-refractivity contribution in [1.29, 1.82) is 0 Å². The minimum absolute atomic E-state index is 0.0135. The molecule has 0 radical (unpaired) electrons. The van der Waals surface area contributed by atoms with Gasteiger partial charge in [-0.25, -0.2) is 5.43 Å². The van der Waals surface area contributed by atoms with E-state index in [-0.39, 0.29) is 18.0 Å². The first-order valence-corrected chi connectivity index (χ1v) is 7.00. The molecule has 0 aromatic heterocycles. The van der Waals surface area contributed by atoms with Crippen LogP contribution in [0.5, 0.6) is 5.75 Å². The Morgan fingerprint density at radius 3 is 3.05 bits per heavy atom.